The third-order valence-electron chi connectivity index (χ3n) is 3.28. The molecule has 0 saturated heterocycles. The van der Waals surface area contributed by atoms with Gasteiger partial charge in [-0.2, -0.15) is 0 Å². The van der Waals surface area contributed by atoms with Gasteiger partial charge in [0, 0.05) is 12.1 Å². The highest BCUT2D eigenvalue weighted by molar-refractivity contribution is 5.92. The molecule has 2 rings (SSSR count). The molecule has 0 bridgehead atoms. The van der Waals surface area contributed by atoms with E-state index in [2.05, 4.69) is 12.2 Å². The van der Waals surface area contributed by atoms with Crippen LogP contribution in [0.2, 0.25) is 0 Å². The fourth-order valence-electron chi connectivity index (χ4n) is 2.25. The lowest BCUT2D eigenvalue weighted by atomic mass is 9.86. The Bertz CT molecular complexity index is 373. The van der Waals surface area contributed by atoms with E-state index in [0.717, 1.165) is 6.42 Å². The molecular weight excluding hydrogens is 204 g/mol. The smallest absolute Gasteiger partial charge is 0.287 e. The third kappa shape index (κ3) is 2.38. The minimum atomic E-state index is -0.157. The lowest BCUT2D eigenvalue weighted by Gasteiger charge is -2.29. The SMILES string of the molecule is CC1CCCCC1NC(=O)c1ccc(N)o1. The standard InChI is InChI=1S/C12H18N2O2/c1-8-4-2-3-5-9(8)14-12(15)10-6-7-11(13)16-10/h6-9H,2-5,13H2,1H3,(H,14,15). The number of hydrogen-bond donors (Lipinski definition) is 2. The molecule has 1 heterocycles. The first kappa shape index (κ1) is 11.0. The Hall–Kier alpha value is -1.45. The zero-order valence-corrected chi connectivity index (χ0v) is 9.53. The highest BCUT2D eigenvalue weighted by Crippen LogP contribution is 2.24. The lowest BCUT2D eigenvalue weighted by Crippen LogP contribution is -2.40. The minimum absolute atomic E-state index is 0.157. The topological polar surface area (TPSA) is 68.3 Å². The van der Waals surface area contributed by atoms with Gasteiger partial charge in [0.2, 0.25) is 0 Å². The van der Waals surface area contributed by atoms with Crippen LogP contribution in [0.4, 0.5) is 5.88 Å². The van der Waals surface area contributed by atoms with Gasteiger partial charge in [0.1, 0.15) is 0 Å². The van der Waals surface area contributed by atoms with E-state index in [9.17, 15) is 4.79 Å². The van der Waals surface area contributed by atoms with Crippen LogP contribution in [0.25, 0.3) is 0 Å². The molecule has 0 aliphatic heterocycles. The van der Waals surface area contributed by atoms with E-state index < -0.39 is 0 Å². The molecule has 0 aromatic carbocycles. The summed E-state index contributed by atoms with van der Waals surface area (Å²) in [6.07, 6.45) is 4.70. The fourth-order valence-corrected chi connectivity index (χ4v) is 2.25. The van der Waals surface area contributed by atoms with Crippen LogP contribution in [-0.4, -0.2) is 11.9 Å². The number of nitrogens with two attached hydrogens (primary N) is 1. The number of carbonyl (C=O) groups is 1. The van der Waals surface area contributed by atoms with Gasteiger partial charge < -0.3 is 15.5 Å². The van der Waals surface area contributed by atoms with Crippen molar-refractivity contribution < 1.29 is 9.21 Å². The van der Waals surface area contributed by atoms with Crippen LogP contribution in [0.5, 0.6) is 0 Å². The summed E-state index contributed by atoms with van der Waals surface area (Å²) in [6.45, 7) is 2.18. The van der Waals surface area contributed by atoms with Crippen molar-refractivity contribution in [1.82, 2.24) is 5.32 Å². The molecule has 1 fully saturated rings. The summed E-state index contributed by atoms with van der Waals surface area (Å²) in [5.74, 6) is 0.970. The van der Waals surface area contributed by atoms with Crippen LogP contribution in [0.1, 0.15) is 43.2 Å². The van der Waals surface area contributed by atoms with Gasteiger partial charge in [-0.1, -0.05) is 19.8 Å². The maximum Gasteiger partial charge on any atom is 0.287 e. The van der Waals surface area contributed by atoms with E-state index in [4.69, 9.17) is 10.2 Å². The molecule has 2 unspecified atom stereocenters. The van der Waals surface area contributed by atoms with Crippen molar-refractivity contribution in [1.29, 1.82) is 0 Å². The van der Waals surface area contributed by atoms with E-state index in [-0.39, 0.29) is 17.8 Å². The zero-order chi connectivity index (χ0) is 11.5. The summed E-state index contributed by atoms with van der Waals surface area (Å²) in [5, 5.41) is 3.01. The second kappa shape index (κ2) is 4.60. The predicted octanol–water partition coefficient (Wildman–Crippen LogP) is 2.17. The lowest BCUT2D eigenvalue weighted by molar-refractivity contribution is 0.0883. The van der Waals surface area contributed by atoms with Gasteiger partial charge in [-0.3, -0.25) is 4.79 Å². The summed E-state index contributed by atoms with van der Waals surface area (Å²) in [6, 6.07) is 3.48. The monoisotopic (exact) mass is 222 g/mol. The van der Waals surface area contributed by atoms with Crippen molar-refractivity contribution in [3.63, 3.8) is 0 Å². The number of rotatable bonds is 2. The summed E-state index contributed by atoms with van der Waals surface area (Å²) in [7, 11) is 0. The van der Waals surface area contributed by atoms with Gasteiger partial charge in [-0.05, 0) is 24.8 Å². The highest BCUT2D eigenvalue weighted by Gasteiger charge is 2.24. The Morgan fingerprint density at radius 2 is 2.19 bits per heavy atom. The zero-order valence-electron chi connectivity index (χ0n) is 9.53. The van der Waals surface area contributed by atoms with Gasteiger partial charge in [-0.15, -0.1) is 0 Å². The average Bonchev–Trinajstić information content (AvgIpc) is 2.68. The molecule has 0 spiro atoms. The van der Waals surface area contributed by atoms with Crippen molar-refractivity contribution in [2.75, 3.05) is 5.73 Å². The third-order valence-corrected chi connectivity index (χ3v) is 3.28. The largest absolute Gasteiger partial charge is 0.436 e. The molecule has 4 nitrogen and oxygen atoms in total. The summed E-state index contributed by atoms with van der Waals surface area (Å²) >= 11 is 0. The van der Waals surface area contributed by atoms with E-state index in [0.29, 0.717) is 11.7 Å². The number of nitrogen functional groups attached to an aromatic ring is 1. The molecule has 88 valence electrons. The van der Waals surface area contributed by atoms with Gasteiger partial charge in [-0.25, -0.2) is 0 Å². The van der Waals surface area contributed by atoms with Crippen molar-refractivity contribution in [3.8, 4) is 0 Å². The van der Waals surface area contributed by atoms with Crippen molar-refractivity contribution in [3.05, 3.63) is 17.9 Å². The normalized spacial score (nSPS) is 25.3. The van der Waals surface area contributed by atoms with Crippen LogP contribution in [-0.2, 0) is 0 Å². The molecule has 1 amide bonds. The number of anilines is 1. The molecule has 0 radical (unpaired) electrons. The molecule has 1 aliphatic rings. The van der Waals surface area contributed by atoms with E-state index in [1.165, 1.54) is 19.3 Å². The molecule has 2 atom stereocenters. The number of furan rings is 1. The first-order valence-corrected chi connectivity index (χ1v) is 5.83. The Kier molecular flexibility index (Phi) is 3.17. The fraction of sp³-hybridized carbons (Fsp3) is 0.583. The van der Waals surface area contributed by atoms with E-state index in [1.54, 1.807) is 12.1 Å². The molecule has 1 saturated carbocycles. The molecule has 3 N–H and O–H groups in total. The number of carbonyl (C=O) groups excluding carboxylic acids is 1. The van der Waals surface area contributed by atoms with Crippen LogP contribution in [0.3, 0.4) is 0 Å². The van der Waals surface area contributed by atoms with Gasteiger partial charge in [0.15, 0.2) is 11.6 Å². The molecule has 1 aromatic heterocycles. The van der Waals surface area contributed by atoms with Crippen LogP contribution >= 0.6 is 0 Å². The molecule has 1 aromatic rings. The van der Waals surface area contributed by atoms with E-state index >= 15 is 0 Å². The van der Waals surface area contributed by atoms with Crippen LogP contribution in [0, 0.1) is 5.92 Å². The summed E-state index contributed by atoms with van der Waals surface area (Å²) in [4.78, 5) is 11.8. The Labute approximate surface area is 95.2 Å². The van der Waals surface area contributed by atoms with Gasteiger partial charge >= 0.3 is 0 Å². The second-order valence-corrected chi connectivity index (χ2v) is 4.54. The van der Waals surface area contributed by atoms with Crippen molar-refractivity contribution in [2.45, 2.75) is 38.6 Å². The minimum Gasteiger partial charge on any atom is -0.436 e. The Morgan fingerprint density at radius 1 is 1.44 bits per heavy atom. The number of hydrogen-bond acceptors (Lipinski definition) is 3. The molecule has 1 aliphatic carbocycles. The van der Waals surface area contributed by atoms with Crippen LogP contribution < -0.4 is 11.1 Å². The predicted molar refractivity (Wildman–Crippen MR) is 62.0 cm³/mol. The molecule has 16 heavy (non-hydrogen) atoms. The number of amides is 1. The highest BCUT2D eigenvalue weighted by atomic mass is 16.4. The first-order valence-electron chi connectivity index (χ1n) is 5.83. The summed E-state index contributed by atoms with van der Waals surface area (Å²) < 4.78 is 5.09. The average molecular weight is 222 g/mol. The van der Waals surface area contributed by atoms with Crippen molar-refractivity contribution in [2.24, 2.45) is 5.92 Å². The van der Waals surface area contributed by atoms with Crippen LogP contribution in [0.15, 0.2) is 16.5 Å². The number of nitrogens with one attached hydrogen (secondary N) is 1. The second-order valence-electron chi connectivity index (χ2n) is 4.54. The van der Waals surface area contributed by atoms with Gasteiger partial charge in [0.05, 0.1) is 0 Å². The maximum atomic E-state index is 11.8. The van der Waals surface area contributed by atoms with E-state index in [1.807, 2.05) is 0 Å². The van der Waals surface area contributed by atoms with Gasteiger partial charge in [0.25, 0.3) is 5.91 Å². The van der Waals surface area contributed by atoms with Crippen molar-refractivity contribution >= 4 is 11.8 Å². The maximum absolute atomic E-state index is 11.8. The molecule has 4 heteroatoms. The Morgan fingerprint density at radius 3 is 2.81 bits per heavy atom. The summed E-state index contributed by atoms with van der Waals surface area (Å²) in [5.41, 5.74) is 5.43. The first-order chi connectivity index (χ1) is 7.66. The Balaban J connectivity index is 1.96. The quantitative estimate of drug-likeness (QED) is 0.805. The molecular formula is C12H18N2O2.